The predicted molar refractivity (Wildman–Crippen MR) is 154 cm³/mol. The Morgan fingerprint density at radius 2 is 1.03 bits per heavy atom. The molecule has 4 rings (SSSR count). The number of hydrogen-bond donors (Lipinski definition) is 0. The number of rotatable bonds is 15. The minimum Gasteiger partial charge on any atom is -0.295 e. The summed E-state index contributed by atoms with van der Waals surface area (Å²) in [5.74, 6) is 0. The molecule has 0 aliphatic heterocycles. The van der Waals surface area contributed by atoms with Gasteiger partial charge in [-0.3, -0.25) is 4.90 Å². The fraction of sp³-hybridized carbons (Fsp3) is 0.412. The average Bonchev–Trinajstić information content (AvgIpc) is 2.90. The topological polar surface area (TPSA) is 3.24 Å². The Bertz CT molecular complexity index is 1090. The summed E-state index contributed by atoms with van der Waals surface area (Å²) in [5, 5.41) is 5.49. The van der Waals surface area contributed by atoms with Gasteiger partial charge in [0, 0.05) is 13.1 Å². The SMILES string of the molecule is CCCCCCCCCCCCN(Cc1ccccc1)Cc1c2ccccc2cc2ccccc12. The second-order valence-corrected chi connectivity index (χ2v) is 10.2. The highest BCUT2D eigenvalue weighted by Gasteiger charge is 2.13. The summed E-state index contributed by atoms with van der Waals surface area (Å²) in [6.07, 6.45) is 13.8. The van der Waals surface area contributed by atoms with E-state index in [9.17, 15) is 0 Å². The minimum atomic E-state index is 0.994. The van der Waals surface area contributed by atoms with Crippen molar-refractivity contribution in [2.45, 2.75) is 84.2 Å². The molecule has 4 aromatic carbocycles. The summed E-state index contributed by atoms with van der Waals surface area (Å²) in [6.45, 7) is 5.46. The minimum absolute atomic E-state index is 0.994. The maximum atomic E-state index is 2.67. The zero-order valence-electron chi connectivity index (χ0n) is 21.7. The van der Waals surface area contributed by atoms with Crippen LogP contribution in [0.5, 0.6) is 0 Å². The fourth-order valence-corrected chi connectivity index (χ4v) is 5.38. The van der Waals surface area contributed by atoms with Crippen LogP contribution in [0.25, 0.3) is 21.5 Å². The molecular weight excluding hydrogens is 422 g/mol. The van der Waals surface area contributed by atoms with Gasteiger partial charge in [0.15, 0.2) is 0 Å². The molecule has 1 heteroatoms. The molecule has 0 heterocycles. The van der Waals surface area contributed by atoms with Gasteiger partial charge in [-0.1, -0.05) is 144 Å². The van der Waals surface area contributed by atoms with Crippen LogP contribution in [0.3, 0.4) is 0 Å². The molecule has 0 unspecified atom stereocenters. The van der Waals surface area contributed by atoms with Gasteiger partial charge in [-0.25, -0.2) is 0 Å². The van der Waals surface area contributed by atoms with E-state index in [1.165, 1.54) is 96.9 Å². The zero-order valence-corrected chi connectivity index (χ0v) is 21.7. The zero-order chi connectivity index (χ0) is 24.1. The van der Waals surface area contributed by atoms with Crippen molar-refractivity contribution < 1.29 is 0 Å². The molecule has 0 atom stereocenters. The maximum Gasteiger partial charge on any atom is 0.0249 e. The quantitative estimate of drug-likeness (QED) is 0.125. The lowest BCUT2D eigenvalue weighted by Crippen LogP contribution is -2.24. The fourth-order valence-electron chi connectivity index (χ4n) is 5.38. The lowest BCUT2D eigenvalue weighted by Gasteiger charge is -2.24. The smallest absolute Gasteiger partial charge is 0.0249 e. The van der Waals surface area contributed by atoms with E-state index < -0.39 is 0 Å². The van der Waals surface area contributed by atoms with Crippen LogP contribution >= 0.6 is 0 Å². The van der Waals surface area contributed by atoms with Gasteiger partial charge in [0.05, 0.1) is 0 Å². The van der Waals surface area contributed by atoms with Gasteiger partial charge in [-0.15, -0.1) is 0 Å². The molecule has 0 aliphatic carbocycles. The largest absolute Gasteiger partial charge is 0.295 e. The molecule has 0 spiro atoms. The van der Waals surface area contributed by atoms with E-state index in [4.69, 9.17) is 0 Å². The number of unbranched alkanes of at least 4 members (excludes halogenated alkanes) is 9. The Balaban J connectivity index is 1.41. The third kappa shape index (κ3) is 7.67. The molecule has 0 amide bonds. The van der Waals surface area contributed by atoms with Crippen LogP contribution in [0.1, 0.15) is 82.3 Å². The van der Waals surface area contributed by atoms with E-state index in [1.807, 2.05) is 0 Å². The van der Waals surface area contributed by atoms with Gasteiger partial charge in [-0.2, -0.15) is 0 Å². The molecule has 0 aliphatic rings. The van der Waals surface area contributed by atoms with E-state index in [0.717, 1.165) is 19.6 Å². The van der Waals surface area contributed by atoms with Crippen molar-refractivity contribution >= 4 is 21.5 Å². The second kappa shape index (κ2) is 14.0. The van der Waals surface area contributed by atoms with Crippen LogP contribution in [0.2, 0.25) is 0 Å². The molecule has 184 valence electrons. The van der Waals surface area contributed by atoms with Crippen molar-refractivity contribution in [2.75, 3.05) is 6.54 Å². The van der Waals surface area contributed by atoms with E-state index >= 15 is 0 Å². The van der Waals surface area contributed by atoms with Crippen LogP contribution in [-0.4, -0.2) is 11.4 Å². The first kappa shape index (κ1) is 25.5. The van der Waals surface area contributed by atoms with Gasteiger partial charge in [0.1, 0.15) is 0 Å². The van der Waals surface area contributed by atoms with E-state index in [0.29, 0.717) is 0 Å². The van der Waals surface area contributed by atoms with Gasteiger partial charge < -0.3 is 0 Å². The Labute approximate surface area is 213 Å². The van der Waals surface area contributed by atoms with E-state index in [1.54, 1.807) is 0 Å². The van der Waals surface area contributed by atoms with Crippen molar-refractivity contribution in [2.24, 2.45) is 0 Å². The van der Waals surface area contributed by atoms with E-state index in [2.05, 4.69) is 96.8 Å². The highest BCUT2D eigenvalue weighted by atomic mass is 15.1. The standard InChI is InChI=1S/C34H43N/c1-2-3-4-5-6-7-8-9-10-18-25-35(27-29-19-12-11-13-20-29)28-34-32-23-16-14-21-30(32)26-31-22-15-17-24-33(31)34/h11-17,19-24,26H,2-10,18,25,27-28H2,1H3. The van der Waals surface area contributed by atoms with Crippen LogP contribution in [-0.2, 0) is 13.1 Å². The molecule has 4 aromatic rings. The van der Waals surface area contributed by atoms with Crippen molar-refractivity contribution in [3.05, 3.63) is 96.1 Å². The Kier molecular flexibility index (Phi) is 10.2. The third-order valence-corrected chi connectivity index (χ3v) is 7.34. The molecule has 0 N–H and O–H groups in total. The molecule has 0 bridgehead atoms. The number of fused-ring (bicyclic) bond motifs is 2. The average molecular weight is 466 g/mol. The molecule has 0 aromatic heterocycles. The maximum absolute atomic E-state index is 2.67. The van der Waals surface area contributed by atoms with Crippen molar-refractivity contribution in [3.63, 3.8) is 0 Å². The van der Waals surface area contributed by atoms with Crippen molar-refractivity contribution in [1.29, 1.82) is 0 Å². The first-order valence-electron chi connectivity index (χ1n) is 14.0. The number of benzene rings is 4. The predicted octanol–water partition coefficient (Wildman–Crippen LogP) is 9.92. The molecule has 35 heavy (non-hydrogen) atoms. The summed E-state index contributed by atoms with van der Waals surface area (Å²) in [7, 11) is 0. The van der Waals surface area contributed by atoms with Crippen molar-refractivity contribution in [3.8, 4) is 0 Å². The summed E-state index contributed by atoms with van der Waals surface area (Å²) < 4.78 is 0. The van der Waals surface area contributed by atoms with Crippen LogP contribution in [0.15, 0.2) is 84.9 Å². The number of nitrogens with zero attached hydrogens (tertiary/aromatic N) is 1. The van der Waals surface area contributed by atoms with Gasteiger partial charge in [0.25, 0.3) is 0 Å². The van der Waals surface area contributed by atoms with Gasteiger partial charge in [0.2, 0.25) is 0 Å². The van der Waals surface area contributed by atoms with E-state index in [-0.39, 0.29) is 0 Å². The third-order valence-electron chi connectivity index (χ3n) is 7.34. The molecule has 0 fully saturated rings. The summed E-state index contributed by atoms with van der Waals surface area (Å²) in [6, 6.07) is 31.2. The Hall–Kier alpha value is -2.64. The van der Waals surface area contributed by atoms with Crippen molar-refractivity contribution in [1.82, 2.24) is 4.90 Å². The lowest BCUT2D eigenvalue weighted by atomic mass is 9.96. The highest BCUT2D eigenvalue weighted by Crippen LogP contribution is 2.30. The molecular formula is C34H43N. The van der Waals surface area contributed by atoms with Gasteiger partial charge in [-0.05, 0) is 51.7 Å². The first-order chi connectivity index (χ1) is 17.3. The van der Waals surface area contributed by atoms with Crippen LogP contribution in [0.4, 0.5) is 0 Å². The lowest BCUT2D eigenvalue weighted by molar-refractivity contribution is 0.251. The summed E-state index contributed by atoms with van der Waals surface area (Å²) in [5.41, 5.74) is 2.88. The summed E-state index contributed by atoms with van der Waals surface area (Å²) >= 11 is 0. The first-order valence-corrected chi connectivity index (χ1v) is 14.0. The Morgan fingerprint density at radius 1 is 0.514 bits per heavy atom. The molecule has 1 nitrogen and oxygen atoms in total. The van der Waals surface area contributed by atoms with Crippen LogP contribution in [0, 0.1) is 0 Å². The van der Waals surface area contributed by atoms with Crippen LogP contribution < -0.4 is 0 Å². The molecule has 0 saturated carbocycles. The monoisotopic (exact) mass is 465 g/mol. The molecule has 0 saturated heterocycles. The normalized spacial score (nSPS) is 11.6. The highest BCUT2D eigenvalue weighted by molar-refractivity contribution is 6.02. The van der Waals surface area contributed by atoms with Gasteiger partial charge >= 0.3 is 0 Å². The summed E-state index contributed by atoms with van der Waals surface area (Å²) in [4.78, 5) is 2.67. The Morgan fingerprint density at radius 3 is 1.63 bits per heavy atom. The second-order valence-electron chi connectivity index (χ2n) is 10.2. The molecule has 0 radical (unpaired) electrons. The number of hydrogen-bond acceptors (Lipinski definition) is 1.